The van der Waals surface area contributed by atoms with E-state index in [4.69, 9.17) is 4.74 Å². The third-order valence-electron chi connectivity index (χ3n) is 6.10. The van der Waals surface area contributed by atoms with E-state index in [2.05, 4.69) is 24.1 Å². The zero-order valence-corrected chi connectivity index (χ0v) is 14.2. The van der Waals surface area contributed by atoms with Crippen molar-refractivity contribution in [1.82, 2.24) is 10.2 Å². The molecule has 3 aliphatic rings. The predicted molar refractivity (Wildman–Crippen MR) is 87.6 cm³/mol. The van der Waals surface area contributed by atoms with Crippen molar-refractivity contribution in [3.63, 3.8) is 0 Å². The van der Waals surface area contributed by atoms with Crippen molar-refractivity contribution in [2.75, 3.05) is 26.3 Å². The predicted octanol–water partition coefficient (Wildman–Crippen LogP) is 2.43. The first-order valence-corrected chi connectivity index (χ1v) is 9.25. The van der Waals surface area contributed by atoms with Gasteiger partial charge in [-0.1, -0.05) is 13.8 Å². The number of nitrogens with one attached hydrogen (secondary N) is 1. The highest BCUT2D eigenvalue weighted by atomic mass is 16.5. The van der Waals surface area contributed by atoms with Crippen LogP contribution in [0.4, 0.5) is 0 Å². The van der Waals surface area contributed by atoms with E-state index < -0.39 is 0 Å². The summed E-state index contributed by atoms with van der Waals surface area (Å²) in [5.41, 5.74) is 0. The third kappa shape index (κ3) is 3.83. The summed E-state index contributed by atoms with van der Waals surface area (Å²) in [5.74, 6) is 2.20. The number of hydrogen-bond acceptors (Lipinski definition) is 3. The number of piperidine rings is 1. The molecule has 1 aliphatic carbocycles. The summed E-state index contributed by atoms with van der Waals surface area (Å²) in [6, 6.07) is 1.05. The second kappa shape index (κ2) is 7.31. The molecule has 0 spiro atoms. The maximum absolute atomic E-state index is 12.5. The van der Waals surface area contributed by atoms with Crippen LogP contribution in [0.15, 0.2) is 0 Å². The highest BCUT2D eigenvalue weighted by Crippen LogP contribution is 2.30. The first kappa shape index (κ1) is 16.3. The van der Waals surface area contributed by atoms with Crippen LogP contribution in [0.1, 0.15) is 52.4 Å². The number of nitrogens with zero attached hydrogens (tertiary/aromatic N) is 1. The fourth-order valence-corrected chi connectivity index (χ4v) is 4.21. The Hall–Kier alpha value is -0.610. The largest absolute Gasteiger partial charge is 0.378 e. The minimum Gasteiger partial charge on any atom is -0.378 e. The Balaban J connectivity index is 1.38. The summed E-state index contributed by atoms with van der Waals surface area (Å²) in [6.45, 7) is 8.54. The van der Waals surface area contributed by atoms with Gasteiger partial charge in [0.2, 0.25) is 5.91 Å². The Bertz CT molecular complexity index is 365. The number of amides is 1. The molecule has 0 aromatic carbocycles. The lowest BCUT2D eigenvalue weighted by atomic mass is 9.79. The fourth-order valence-electron chi connectivity index (χ4n) is 4.21. The normalized spacial score (nSPS) is 32.0. The second-order valence-corrected chi connectivity index (χ2v) is 7.87. The Morgan fingerprint density at radius 1 is 1.05 bits per heavy atom. The molecule has 2 saturated heterocycles. The summed E-state index contributed by atoms with van der Waals surface area (Å²) < 4.78 is 5.27. The minimum atomic E-state index is 0.236. The zero-order chi connectivity index (χ0) is 15.5. The van der Waals surface area contributed by atoms with Crippen LogP contribution in [0.25, 0.3) is 0 Å². The molecule has 3 rings (SSSR count). The molecule has 22 heavy (non-hydrogen) atoms. The smallest absolute Gasteiger partial charge is 0.223 e. The molecular weight excluding hydrogens is 276 g/mol. The van der Waals surface area contributed by atoms with Gasteiger partial charge in [0.05, 0.1) is 19.3 Å². The molecule has 0 aromatic rings. The van der Waals surface area contributed by atoms with Crippen LogP contribution in [0.2, 0.25) is 0 Å². The molecular formula is C18H32N2O2. The first-order valence-electron chi connectivity index (χ1n) is 9.25. The van der Waals surface area contributed by atoms with E-state index >= 15 is 0 Å². The number of likely N-dealkylation sites (tertiary alicyclic amines) is 1. The monoisotopic (exact) mass is 308 g/mol. The topological polar surface area (TPSA) is 41.6 Å². The van der Waals surface area contributed by atoms with E-state index in [1.165, 1.54) is 25.7 Å². The molecule has 4 nitrogen and oxygen atoms in total. The van der Waals surface area contributed by atoms with Crippen LogP contribution in [-0.4, -0.2) is 49.2 Å². The molecule has 2 aliphatic heterocycles. The van der Waals surface area contributed by atoms with Gasteiger partial charge in [0.25, 0.3) is 0 Å². The van der Waals surface area contributed by atoms with Crippen molar-refractivity contribution >= 4 is 5.91 Å². The quantitative estimate of drug-likeness (QED) is 0.867. The number of carbonyl (C=O) groups excluding carboxylic acids is 1. The first-order chi connectivity index (χ1) is 10.6. The van der Waals surface area contributed by atoms with E-state index in [1.807, 2.05) is 0 Å². The molecule has 2 heterocycles. The molecule has 0 aromatic heterocycles. The lowest BCUT2D eigenvalue weighted by Gasteiger charge is -2.41. The standard InChI is InChI=1S/C18H32N2O2/c1-13(2)14-3-5-16(6-4-14)19-18(21)15-7-9-20(10-8-15)17-11-22-12-17/h13-17H,3-12H2,1-2H3,(H,19,21)/t14-,16-. The molecule has 0 unspecified atom stereocenters. The summed E-state index contributed by atoms with van der Waals surface area (Å²) in [4.78, 5) is 15.0. The Morgan fingerprint density at radius 3 is 2.18 bits per heavy atom. The van der Waals surface area contributed by atoms with Gasteiger partial charge in [0, 0.05) is 12.0 Å². The van der Waals surface area contributed by atoms with Crippen molar-refractivity contribution < 1.29 is 9.53 Å². The Morgan fingerprint density at radius 2 is 1.68 bits per heavy atom. The molecule has 4 heteroatoms. The molecule has 126 valence electrons. The van der Waals surface area contributed by atoms with Crippen molar-refractivity contribution in [3.05, 3.63) is 0 Å². The van der Waals surface area contributed by atoms with E-state index in [-0.39, 0.29) is 5.92 Å². The van der Waals surface area contributed by atoms with Crippen molar-refractivity contribution in [1.29, 1.82) is 0 Å². The summed E-state index contributed by atoms with van der Waals surface area (Å²) in [5, 5.41) is 3.34. The Labute approximate surface area is 135 Å². The number of carbonyl (C=O) groups is 1. The maximum Gasteiger partial charge on any atom is 0.223 e. The van der Waals surface area contributed by atoms with Crippen LogP contribution in [-0.2, 0) is 9.53 Å². The number of hydrogen-bond donors (Lipinski definition) is 1. The van der Waals surface area contributed by atoms with Crippen LogP contribution in [0.5, 0.6) is 0 Å². The number of rotatable bonds is 4. The SMILES string of the molecule is CC(C)[C@H]1CC[C@H](NC(=O)C2CCN(C3COC3)CC2)CC1. The summed E-state index contributed by atoms with van der Waals surface area (Å²) >= 11 is 0. The van der Waals surface area contributed by atoms with Gasteiger partial charge in [-0.2, -0.15) is 0 Å². The fraction of sp³-hybridized carbons (Fsp3) is 0.944. The van der Waals surface area contributed by atoms with E-state index in [0.29, 0.717) is 18.0 Å². The highest BCUT2D eigenvalue weighted by Gasteiger charge is 2.33. The third-order valence-corrected chi connectivity index (χ3v) is 6.10. The van der Waals surface area contributed by atoms with Crippen LogP contribution in [0, 0.1) is 17.8 Å². The Kier molecular flexibility index (Phi) is 5.40. The molecule has 0 radical (unpaired) electrons. The molecule has 0 bridgehead atoms. The van der Waals surface area contributed by atoms with Crippen LogP contribution in [0.3, 0.4) is 0 Å². The zero-order valence-electron chi connectivity index (χ0n) is 14.2. The van der Waals surface area contributed by atoms with Gasteiger partial charge in [0.1, 0.15) is 0 Å². The average molecular weight is 308 g/mol. The lowest BCUT2D eigenvalue weighted by molar-refractivity contribution is -0.129. The lowest BCUT2D eigenvalue weighted by Crippen LogP contribution is -2.53. The summed E-state index contributed by atoms with van der Waals surface area (Å²) in [7, 11) is 0. The molecule has 1 saturated carbocycles. The van der Waals surface area contributed by atoms with Crippen molar-refractivity contribution in [2.45, 2.75) is 64.5 Å². The van der Waals surface area contributed by atoms with Gasteiger partial charge in [-0.25, -0.2) is 0 Å². The van der Waals surface area contributed by atoms with Gasteiger partial charge in [-0.05, 0) is 63.5 Å². The van der Waals surface area contributed by atoms with Crippen LogP contribution < -0.4 is 5.32 Å². The van der Waals surface area contributed by atoms with Crippen LogP contribution >= 0.6 is 0 Å². The van der Waals surface area contributed by atoms with Crippen molar-refractivity contribution in [2.24, 2.45) is 17.8 Å². The van der Waals surface area contributed by atoms with Crippen molar-refractivity contribution in [3.8, 4) is 0 Å². The number of ether oxygens (including phenoxy) is 1. The maximum atomic E-state index is 12.5. The molecule has 1 amide bonds. The van der Waals surface area contributed by atoms with E-state index in [1.54, 1.807) is 0 Å². The minimum absolute atomic E-state index is 0.236. The molecule has 3 fully saturated rings. The highest BCUT2D eigenvalue weighted by molar-refractivity contribution is 5.79. The van der Waals surface area contributed by atoms with Gasteiger partial charge in [-0.3, -0.25) is 9.69 Å². The van der Waals surface area contributed by atoms with E-state index in [9.17, 15) is 4.79 Å². The van der Waals surface area contributed by atoms with Gasteiger partial charge < -0.3 is 10.1 Å². The van der Waals surface area contributed by atoms with Gasteiger partial charge >= 0.3 is 0 Å². The summed E-state index contributed by atoms with van der Waals surface area (Å²) in [6.07, 6.45) is 6.94. The van der Waals surface area contributed by atoms with Gasteiger partial charge in [0.15, 0.2) is 0 Å². The molecule has 1 N–H and O–H groups in total. The molecule has 0 atom stereocenters. The van der Waals surface area contributed by atoms with Gasteiger partial charge in [-0.15, -0.1) is 0 Å². The second-order valence-electron chi connectivity index (χ2n) is 7.87. The van der Waals surface area contributed by atoms with E-state index in [0.717, 1.165) is 51.0 Å². The average Bonchev–Trinajstić information content (AvgIpc) is 2.46.